The van der Waals surface area contributed by atoms with E-state index in [4.69, 9.17) is 9.47 Å². The highest BCUT2D eigenvalue weighted by Crippen LogP contribution is 2.27. The average Bonchev–Trinajstić information content (AvgIpc) is 2.74. The predicted octanol–water partition coefficient (Wildman–Crippen LogP) is 0.593. The quantitative estimate of drug-likeness (QED) is 0.777. The molecule has 0 spiro atoms. The maximum absolute atomic E-state index is 11.7. The maximum atomic E-state index is 11.7. The molecule has 1 aromatic carbocycles. The van der Waals surface area contributed by atoms with E-state index in [-0.39, 0.29) is 18.2 Å². The van der Waals surface area contributed by atoms with E-state index in [0.717, 1.165) is 12.0 Å². The highest BCUT2D eigenvalue weighted by atomic mass is 16.5. The number of nitrogens with zero attached hydrogens (tertiary/aromatic N) is 1. The van der Waals surface area contributed by atoms with Gasteiger partial charge >= 0.3 is 0 Å². The first-order valence-electron chi connectivity index (χ1n) is 6.81. The van der Waals surface area contributed by atoms with E-state index >= 15 is 0 Å². The smallest absolute Gasteiger partial charge is 0.246 e. The second-order valence-corrected chi connectivity index (χ2v) is 4.94. The molecule has 0 aliphatic carbocycles. The number of ether oxygens (including phenoxy) is 2. The predicted molar refractivity (Wildman–Crippen MR) is 77.4 cm³/mol. The first-order valence-corrected chi connectivity index (χ1v) is 6.81. The van der Waals surface area contributed by atoms with Crippen molar-refractivity contribution in [3.63, 3.8) is 0 Å². The number of imide groups is 1. The molecule has 0 bridgehead atoms. The lowest BCUT2D eigenvalue weighted by molar-refractivity contribution is -0.137. The highest BCUT2D eigenvalue weighted by molar-refractivity contribution is 6.05. The number of likely N-dealkylation sites (tertiary alicyclic amines) is 1. The van der Waals surface area contributed by atoms with E-state index in [1.54, 1.807) is 14.2 Å². The van der Waals surface area contributed by atoms with Gasteiger partial charge in [0.15, 0.2) is 11.5 Å². The van der Waals surface area contributed by atoms with Crippen molar-refractivity contribution in [1.82, 2.24) is 10.2 Å². The van der Waals surface area contributed by atoms with E-state index < -0.39 is 6.04 Å². The lowest BCUT2D eigenvalue weighted by Crippen LogP contribution is -2.38. The Labute approximate surface area is 124 Å². The zero-order valence-corrected chi connectivity index (χ0v) is 12.5. The van der Waals surface area contributed by atoms with E-state index in [0.29, 0.717) is 18.0 Å². The Balaban J connectivity index is 1.89. The van der Waals surface area contributed by atoms with Gasteiger partial charge in [-0.2, -0.15) is 0 Å². The standard InChI is InChI=1S/C15H20N2O4/c1-17-14(18)9-11(15(17)19)16-7-6-10-4-5-12(20-2)13(8-10)21-3/h4-5,8,11,16H,6-7,9H2,1-3H3/t11-/m1/s1. The summed E-state index contributed by atoms with van der Waals surface area (Å²) in [5, 5.41) is 3.12. The van der Waals surface area contributed by atoms with Crippen LogP contribution >= 0.6 is 0 Å². The van der Waals surface area contributed by atoms with Gasteiger partial charge in [-0.25, -0.2) is 0 Å². The Morgan fingerprint density at radius 2 is 1.95 bits per heavy atom. The molecule has 2 rings (SSSR count). The van der Waals surface area contributed by atoms with Crippen molar-refractivity contribution in [3.8, 4) is 11.5 Å². The number of hydrogen-bond acceptors (Lipinski definition) is 5. The number of hydrogen-bond donors (Lipinski definition) is 1. The summed E-state index contributed by atoms with van der Waals surface area (Å²) in [5.74, 6) is 1.07. The monoisotopic (exact) mass is 292 g/mol. The SMILES string of the molecule is COc1ccc(CCN[C@@H]2CC(=O)N(C)C2=O)cc1OC. The Morgan fingerprint density at radius 1 is 1.24 bits per heavy atom. The van der Waals surface area contributed by atoms with Crippen molar-refractivity contribution >= 4 is 11.8 Å². The zero-order valence-electron chi connectivity index (χ0n) is 12.5. The Kier molecular flexibility index (Phi) is 4.80. The van der Waals surface area contributed by atoms with Crippen LogP contribution in [0.2, 0.25) is 0 Å². The van der Waals surface area contributed by atoms with E-state index in [2.05, 4.69) is 5.32 Å². The summed E-state index contributed by atoms with van der Waals surface area (Å²) in [6.45, 7) is 0.618. The van der Waals surface area contributed by atoms with Gasteiger partial charge in [0.1, 0.15) is 0 Å². The van der Waals surface area contributed by atoms with Gasteiger partial charge in [-0.1, -0.05) is 6.07 Å². The van der Waals surface area contributed by atoms with Gasteiger partial charge in [-0.15, -0.1) is 0 Å². The molecule has 21 heavy (non-hydrogen) atoms. The average molecular weight is 292 g/mol. The second kappa shape index (κ2) is 6.58. The third kappa shape index (κ3) is 3.33. The first kappa shape index (κ1) is 15.3. The lowest BCUT2D eigenvalue weighted by Gasteiger charge is -2.12. The van der Waals surface area contributed by atoms with Gasteiger partial charge in [0, 0.05) is 7.05 Å². The van der Waals surface area contributed by atoms with Crippen LogP contribution in [0.5, 0.6) is 11.5 Å². The molecule has 0 radical (unpaired) electrons. The van der Waals surface area contributed by atoms with Gasteiger partial charge in [-0.05, 0) is 30.7 Å². The fourth-order valence-corrected chi connectivity index (χ4v) is 2.34. The van der Waals surface area contributed by atoms with Gasteiger partial charge in [-0.3, -0.25) is 14.5 Å². The number of methoxy groups -OCH3 is 2. The third-order valence-electron chi connectivity index (χ3n) is 3.63. The molecule has 1 aliphatic heterocycles. The van der Waals surface area contributed by atoms with Crippen LogP contribution in [0.4, 0.5) is 0 Å². The summed E-state index contributed by atoms with van der Waals surface area (Å²) >= 11 is 0. The Bertz CT molecular complexity index is 544. The number of amides is 2. The lowest BCUT2D eigenvalue weighted by atomic mass is 10.1. The molecule has 1 aromatic rings. The molecule has 2 amide bonds. The Morgan fingerprint density at radius 3 is 2.52 bits per heavy atom. The van der Waals surface area contributed by atoms with Crippen molar-refractivity contribution < 1.29 is 19.1 Å². The molecule has 1 heterocycles. The minimum atomic E-state index is -0.400. The van der Waals surface area contributed by atoms with Gasteiger partial charge in [0.25, 0.3) is 0 Å². The molecule has 1 N–H and O–H groups in total. The molecule has 0 saturated carbocycles. The molecule has 1 atom stereocenters. The summed E-state index contributed by atoms with van der Waals surface area (Å²) in [4.78, 5) is 24.3. The van der Waals surface area contributed by atoms with E-state index in [1.165, 1.54) is 11.9 Å². The van der Waals surface area contributed by atoms with Crippen LogP contribution in [-0.4, -0.2) is 50.6 Å². The van der Waals surface area contributed by atoms with Crippen molar-refractivity contribution in [2.45, 2.75) is 18.9 Å². The third-order valence-corrected chi connectivity index (χ3v) is 3.63. The largest absolute Gasteiger partial charge is 0.493 e. The maximum Gasteiger partial charge on any atom is 0.246 e. The van der Waals surface area contributed by atoms with Crippen LogP contribution in [-0.2, 0) is 16.0 Å². The molecule has 6 nitrogen and oxygen atoms in total. The summed E-state index contributed by atoms with van der Waals surface area (Å²) in [6.07, 6.45) is 0.976. The number of benzene rings is 1. The molecule has 1 fully saturated rings. The molecule has 1 aliphatic rings. The van der Waals surface area contributed by atoms with Crippen molar-refractivity contribution in [2.24, 2.45) is 0 Å². The summed E-state index contributed by atoms with van der Waals surface area (Å²) in [5.41, 5.74) is 1.07. The van der Waals surface area contributed by atoms with Gasteiger partial charge in [0.2, 0.25) is 11.8 Å². The fraction of sp³-hybridized carbons (Fsp3) is 0.467. The number of rotatable bonds is 6. The van der Waals surface area contributed by atoms with Crippen molar-refractivity contribution in [3.05, 3.63) is 23.8 Å². The molecule has 0 aromatic heterocycles. The van der Waals surface area contributed by atoms with Crippen LogP contribution in [0.15, 0.2) is 18.2 Å². The molecule has 6 heteroatoms. The number of likely N-dealkylation sites (N-methyl/N-ethyl adjacent to an activating group) is 1. The fourth-order valence-electron chi connectivity index (χ4n) is 2.34. The van der Waals surface area contributed by atoms with Gasteiger partial charge < -0.3 is 14.8 Å². The van der Waals surface area contributed by atoms with Gasteiger partial charge in [0.05, 0.1) is 26.7 Å². The number of nitrogens with one attached hydrogen (secondary N) is 1. The summed E-state index contributed by atoms with van der Waals surface area (Å²) in [7, 11) is 4.71. The summed E-state index contributed by atoms with van der Waals surface area (Å²) in [6, 6.07) is 5.32. The molecule has 114 valence electrons. The number of carbonyl (C=O) groups excluding carboxylic acids is 2. The first-order chi connectivity index (χ1) is 10.1. The Hall–Kier alpha value is -2.08. The number of carbonyl (C=O) groups is 2. The minimum Gasteiger partial charge on any atom is -0.493 e. The zero-order chi connectivity index (χ0) is 15.4. The highest BCUT2D eigenvalue weighted by Gasteiger charge is 2.35. The van der Waals surface area contributed by atoms with Crippen LogP contribution in [0.1, 0.15) is 12.0 Å². The van der Waals surface area contributed by atoms with Crippen LogP contribution < -0.4 is 14.8 Å². The summed E-state index contributed by atoms with van der Waals surface area (Å²) < 4.78 is 10.4. The van der Waals surface area contributed by atoms with Crippen LogP contribution in [0.3, 0.4) is 0 Å². The second-order valence-electron chi connectivity index (χ2n) is 4.94. The topological polar surface area (TPSA) is 67.9 Å². The normalized spacial score (nSPS) is 18.2. The minimum absolute atomic E-state index is 0.136. The van der Waals surface area contributed by atoms with Crippen LogP contribution in [0, 0.1) is 0 Å². The molecule has 1 saturated heterocycles. The van der Waals surface area contributed by atoms with E-state index in [1.807, 2.05) is 18.2 Å². The van der Waals surface area contributed by atoms with E-state index in [9.17, 15) is 9.59 Å². The molecular weight excluding hydrogens is 272 g/mol. The molecule has 0 unspecified atom stereocenters. The van der Waals surface area contributed by atoms with Crippen molar-refractivity contribution in [2.75, 3.05) is 27.8 Å². The van der Waals surface area contributed by atoms with Crippen LogP contribution in [0.25, 0.3) is 0 Å². The van der Waals surface area contributed by atoms with Crippen molar-refractivity contribution in [1.29, 1.82) is 0 Å². The molecular formula is C15H20N2O4.